The minimum atomic E-state index is -0.334. The van der Waals surface area contributed by atoms with E-state index in [4.69, 9.17) is 15.2 Å². The molecular weight excluding hydrogens is 257 g/mol. The first-order valence-corrected chi connectivity index (χ1v) is 6.41. The highest BCUT2D eigenvalue weighted by atomic mass is 19.1. The summed E-state index contributed by atoms with van der Waals surface area (Å²) in [6.07, 6.45) is 0. The molecule has 0 aliphatic heterocycles. The molecule has 20 heavy (non-hydrogen) atoms. The minimum absolute atomic E-state index is 0.207. The molecule has 0 fully saturated rings. The van der Waals surface area contributed by atoms with Gasteiger partial charge in [0.05, 0.1) is 7.11 Å². The molecule has 2 N–H and O–H groups in total. The van der Waals surface area contributed by atoms with Gasteiger partial charge in [0.2, 0.25) is 0 Å². The third-order valence-electron chi connectivity index (χ3n) is 3.02. The first-order chi connectivity index (χ1) is 9.60. The van der Waals surface area contributed by atoms with Gasteiger partial charge in [-0.1, -0.05) is 18.2 Å². The van der Waals surface area contributed by atoms with Crippen LogP contribution >= 0.6 is 0 Å². The van der Waals surface area contributed by atoms with E-state index in [1.807, 2.05) is 31.2 Å². The van der Waals surface area contributed by atoms with E-state index < -0.39 is 0 Å². The van der Waals surface area contributed by atoms with Gasteiger partial charge in [-0.15, -0.1) is 0 Å². The maximum absolute atomic E-state index is 13.3. The molecule has 1 atom stereocenters. The molecule has 0 aliphatic rings. The lowest BCUT2D eigenvalue weighted by Gasteiger charge is -2.14. The number of ether oxygens (including phenoxy) is 2. The Morgan fingerprint density at radius 1 is 1.15 bits per heavy atom. The van der Waals surface area contributed by atoms with Crippen LogP contribution in [-0.4, -0.2) is 7.11 Å². The van der Waals surface area contributed by atoms with Crippen molar-refractivity contribution in [1.29, 1.82) is 0 Å². The molecule has 2 rings (SSSR count). The van der Waals surface area contributed by atoms with Gasteiger partial charge < -0.3 is 15.2 Å². The van der Waals surface area contributed by atoms with Crippen LogP contribution in [0.2, 0.25) is 0 Å². The summed E-state index contributed by atoms with van der Waals surface area (Å²) >= 11 is 0. The first kappa shape index (κ1) is 14.3. The van der Waals surface area contributed by atoms with E-state index >= 15 is 0 Å². The van der Waals surface area contributed by atoms with Crippen molar-refractivity contribution in [3.63, 3.8) is 0 Å². The van der Waals surface area contributed by atoms with E-state index in [9.17, 15) is 4.39 Å². The van der Waals surface area contributed by atoms with Gasteiger partial charge in [-0.25, -0.2) is 4.39 Å². The van der Waals surface area contributed by atoms with Gasteiger partial charge >= 0.3 is 0 Å². The van der Waals surface area contributed by atoms with E-state index in [2.05, 4.69) is 0 Å². The fourth-order valence-corrected chi connectivity index (χ4v) is 1.89. The number of halogens is 1. The second-order valence-electron chi connectivity index (χ2n) is 4.61. The molecule has 2 aromatic carbocycles. The molecule has 2 aromatic rings. The second-order valence-corrected chi connectivity index (χ2v) is 4.61. The molecular formula is C16H18FNO2. The Morgan fingerprint density at radius 3 is 2.45 bits per heavy atom. The van der Waals surface area contributed by atoms with Crippen molar-refractivity contribution in [3.05, 3.63) is 59.4 Å². The summed E-state index contributed by atoms with van der Waals surface area (Å²) in [6, 6.07) is 11.7. The number of hydrogen-bond donors (Lipinski definition) is 1. The van der Waals surface area contributed by atoms with Crippen molar-refractivity contribution in [2.24, 2.45) is 5.73 Å². The van der Waals surface area contributed by atoms with E-state index in [-0.39, 0.29) is 11.9 Å². The van der Waals surface area contributed by atoms with Crippen molar-refractivity contribution >= 4 is 0 Å². The fourth-order valence-electron chi connectivity index (χ4n) is 1.89. The smallest absolute Gasteiger partial charge is 0.127 e. The van der Waals surface area contributed by atoms with E-state index in [0.717, 1.165) is 16.9 Å². The van der Waals surface area contributed by atoms with Gasteiger partial charge in [-0.2, -0.15) is 0 Å². The van der Waals surface area contributed by atoms with Gasteiger partial charge in [-0.05, 0) is 30.7 Å². The Morgan fingerprint density at radius 2 is 1.85 bits per heavy atom. The van der Waals surface area contributed by atoms with Crippen LogP contribution in [-0.2, 0) is 6.61 Å². The summed E-state index contributed by atoms with van der Waals surface area (Å²) in [5, 5.41) is 0. The van der Waals surface area contributed by atoms with Crippen LogP contribution in [0.3, 0.4) is 0 Å². The van der Waals surface area contributed by atoms with E-state index in [0.29, 0.717) is 12.4 Å². The van der Waals surface area contributed by atoms with Gasteiger partial charge in [-0.3, -0.25) is 0 Å². The Hall–Kier alpha value is -2.07. The summed E-state index contributed by atoms with van der Waals surface area (Å²) < 4.78 is 24.1. The predicted octanol–water partition coefficient (Wildman–Crippen LogP) is 3.43. The van der Waals surface area contributed by atoms with Crippen LogP contribution in [0.15, 0.2) is 42.5 Å². The average Bonchev–Trinajstić information content (AvgIpc) is 2.45. The zero-order valence-electron chi connectivity index (χ0n) is 11.6. The number of hydrogen-bond acceptors (Lipinski definition) is 3. The van der Waals surface area contributed by atoms with Crippen LogP contribution in [0.25, 0.3) is 0 Å². The average molecular weight is 275 g/mol. The van der Waals surface area contributed by atoms with Gasteiger partial charge in [0.25, 0.3) is 0 Å². The number of rotatable bonds is 5. The zero-order valence-corrected chi connectivity index (χ0v) is 11.6. The van der Waals surface area contributed by atoms with Crippen LogP contribution in [0.5, 0.6) is 11.5 Å². The number of methoxy groups -OCH3 is 1. The van der Waals surface area contributed by atoms with Gasteiger partial charge in [0, 0.05) is 17.7 Å². The lowest BCUT2D eigenvalue weighted by atomic mass is 10.1. The topological polar surface area (TPSA) is 44.5 Å². The SMILES string of the molecule is COc1ccc(COc2cc(F)ccc2C(C)N)cc1. The highest BCUT2D eigenvalue weighted by molar-refractivity contribution is 5.36. The van der Waals surface area contributed by atoms with E-state index in [1.54, 1.807) is 13.2 Å². The molecule has 0 amide bonds. The molecule has 0 radical (unpaired) electrons. The highest BCUT2D eigenvalue weighted by Crippen LogP contribution is 2.26. The Balaban J connectivity index is 2.11. The molecule has 0 heterocycles. The molecule has 0 aromatic heterocycles. The molecule has 4 heteroatoms. The maximum Gasteiger partial charge on any atom is 0.127 e. The van der Waals surface area contributed by atoms with Crippen molar-refractivity contribution in [2.45, 2.75) is 19.6 Å². The van der Waals surface area contributed by atoms with E-state index in [1.165, 1.54) is 12.1 Å². The molecule has 0 aliphatic carbocycles. The molecule has 1 unspecified atom stereocenters. The van der Waals surface area contributed by atoms with Gasteiger partial charge in [0.1, 0.15) is 23.9 Å². The largest absolute Gasteiger partial charge is 0.497 e. The van der Waals surface area contributed by atoms with Crippen LogP contribution in [0, 0.1) is 5.82 Å². The van der Waals surface area contributed by atoms with Crippen LogP contribution in [0.1, 0.15) is 24.1 Å². The second kappa shape index (κ2) is 6.39. The van der Waals surface area contributed by atoms with Crippen molar-refractivity contribution in [1.82, 2.24) is 0 Å². The van der Waals surface area contributed by atoms with Crippen LogP contribution < -0.4 is 15.2 Å². The zero-order chi connectivity index (χ0) is 14.5. The van der Waals surface area contributed by atoms with Crippen molar-refractivity contribution in [2.75, 3.05) is 7.11 Å². The van der Waals surface area contributed by atoms with Gasteiger partial charge in [0.15, 0.2) is 0 Å². The summed E-state index contributed by atoms with van der Waals surface area (Å²) in [7, 11) is 1.62. The fraction of sp³-hybridized carbons (Fsp3) is 0.250. The third kappa shape index (κ3) is 3.48. The molecule has 106 valence electrons. The summed E-state index contributed by atoms with van der Waals surface area (Å²) in [5.41, 5.74) is 7.62. The molecule has 0 saturated carbocycles. The molecule has 0 bridgehead atoms. The molecule has 0 spiro atoms. The van der Waals surface area contributed by atoms with Crippen molar-refractivity contribution in [3.8, 4) is 11.5 Å². The van der Waals surface area contributed by atoms with Crippen LogP contribution in [0.4, 0.5) is 4.39 Å². The maximum atomic E-state index is 13.3. The number of benzene rings is 2. The summed E-state index contributed by atoms with van der Waals surface area (Å²) in [4.78, 5) is 0. The normalized spacial score (nSPS) is 12.0. The Kier molecular flexibility index (Phi) is 4.58. The molecule has 0 saturated heterocycles. The van der Waals surface area contributed by atoms with Crippen molar-refractivity contribution < 1.29 is 13.9 Å². The summed E-state index contributed by atoms with van der Waals surface area (Å²) in [5.74, 6) is 0.936. The lowest BCUT2D eigenvalue weighted by molar-refractivity contribution is 0.299. The summed E-state index contributed by atoms with van der Waals surface area (Å²) in [6.45, 7) is 2.20. The Labute approximate surface area is 118 Å². The number of nitrogens with two attached hydrogens (primary N) is 1. The quantitative estimate of drug-likeness (QED) is 0.909. The highest BCUT2D eigenvalue weighted by Gasteiger charge is 2.09. The lowest BCUT2D eigenvalue weighted by Crippen LogP contribution is -2.08. The first-order valence-electron chi connectivity index (χ1n) is 6.41. The Bertz CT molecular complexity index is 567. The molecule has 3 nitrogen and oxygen atoms in total. The monoisotopic (exact) mass is 275 g/mol. The standard InChI is InChI=1S/C16H18FNO2/c1-11(18)15-8-5-13(17)9-16(15)20-10-12-3-6-14(19-2)7-4-12/h3-9,11H,10,18H2,1-2H3. The minimum Gasteiger partial charge on any atom is -0.497 e. The predicted molar refractivity (Wildman–Crippen MR) is 76.3 cm³/mol. The third-order valence-corrected chi connectivity index (χ3v) is 3.02.